The van der Waals surface area contributed by atoms with Gasteiger partial charge in [0.05, 0.1) is 35.9 Å². The van der Waals surface area contributed by atoms with Gasteiger partial charge in [-0.15, -0.1) is 0 Å². The smallest absolute Gasteiger partial charge is 0.213 e. The zero-order chi connectivity index (χ0) is 13.1. The molecule has 0 saturated heterocycles. The average molecular weight is 264 g/mol. The standard InChI is InChI=1S/C12H10ClN3O2/c1-7-12(15-4-8(6-17)16-7)9-3-11(18-2)14-5-10(9)13/h3-6H,1-2H3. The van der Waals surface area contributed by atoms with Crippen LogP contribution in [0.5, 0.6) is 5.88 Å². The van der Waals surface area contributed by atoms with Crippen molar-refractivity contribution in [1.29, 1.82) is 0 Å². The Kier molecular flexibility index (Phi) is 3.53. The van der Waals surface area contributed by atoms with Crippen molar-refractivity contribution in [2.24, 2.45) is 0 Å². The summed E-state index contributed by atoms with van der Waals surface area (Å²) < 4.78 is 5.04. The van der Waals surface area contributed by atoms with Crippen LogP contribution in [-0.2, 0) is 0 Å². The summed E-state index contributed by atoms with van der Waals surface area (Å²) >= 11 is 6.08. The number of ether oxygens (including phenoxy) is 1. The van der Waals surface area contributed by atoms with E-state index in [9.17, 15) is 4.79 Å². The van der Waals surface area contributed by atoms with Gasteiger partial charge in [0.15, 0.2) is 6.29 Å². The minimum absolute atomic E-state index is 0.286. The third-order valence-electron chi connectivity index (χ3n) is 2.38. The van der Waals surface area contributed by atoms with Gasteiger partial charge in [0, 0.05) is 11.6 Å². The predicted octanol–water partition coefficient (Wildman–Crippen LogP) is 2.32. The fourth-order valence-corrected chi connectivity index (χ4v) is 1.73. The van der Waals surface area contributed by atoms with Crippen LogP contribution >= 0.6 is 11.6 Å². The second kappa shape index (κ2) is 5.10. The highest BCUT2D eigenvalue weighted by molar-refractivity contribution is 6.33. The van der Waals surface area contributed by atoms with Crippen LogP contribution in [0.15, 0.2) is 18.5 Å². The molecule has 0 unspecified atom stereocenters. The molecule has 2 rings (SSSR count). The molecular weight excluding hydrogens is 254 g/mol. The van der Waals surface area contributed by atoms with E-state index in [-0.39, 0.29) is 5.69 Å². The van der Waals surface area contributed by atoms with Gasteiger partial charge in [0.2, 0.25) is 5.88 Å². The molecule has 2 heterocycles. The number of aromatic nitrogens is 3. The lowest BCUT2D eigenvalue weighted by Gasteiger charge is -2.08. The Bertz CT molecular complexity index is 602. The zero-order valence-corrected chi connectivity index (χ0v) is 10.6. The van der Waals surface area contributed by atoms with E-state index in [2.05, 4.69) is 15.0 Å². The highest BCUT2D eigenvalue weighted by Gasteiger charge is 2.11. The van der Waals surface area contributed by atoms with Gasteiger partial charge in [0.25, 0.3) is 0 Å². The lowest BCUT2D eigenvalue weighted by Crippen LogP contribution is -1.98. The van der Waals surface area contributed by atoms with Crippen molar-refractivity contribution >= 4 is 17.9 Å². The summed E-state index contributed by atoms with van der Waals surface area (Å²) in [7, 11) is 1.52. The maximum absolute atomic E-state index is 10.6. The van der Waals surface area contributed by atoms with E-state index in [0.29, 0.717) is 34.1 Å². The Morgan fingerprint density at radius 2 is 2.11 bits per heavy atom. The number of carbonyl (C=O) groups excluding carboxylic acids is 1. The highest BCUT2D eigenvalue weighted by atomic mass is 35.5. The Morgan fingerprint density at radius 1 is 1.33 bits per heavy atom. The van der Waals surface area contributed by atoms with Gasteiger partial charge >= 0.3 is 0 Å². The van der Waals surface area contributed by atoms with Crippen LogP contribution in [0, 0.1) is 6.92 Å². The fraction of sp³-hybridized carbons (Fsp3) is 0.167. The number of aldehydes is 1. The van der Waals surface area contributed by atoms with Crippen molar-refractivity contribution in [2.45, 2.75) is 6.92 Å². The molecule has 18 heavy (non-hydrogen) atoms. The molecule has 0 aliphatic rings. The Balaban J connectivity index is 2.57. The molecule has 0 aliphatic carbocycles. The molecule has 5 nitrogen and oxygen atoms in total. The molecule has 92 valence electrons. The van der Waals surface area contributed by atoms with Crippen molar-refractivity contribution < 1.29 is 9.53 Å². The summed E-state index contributed by atoms with van der Waals surface area (Å²) in [5, 5.41) is 0.451. The van der Waals surface area contributed by atoms with Crippen LogP contribution in [0.2, 0.25) is 5.02 Å². The lowest BCUT2D eigenvalue weighted by molar-refractivity contribution is 0.111. The van der Waals surface area contributed by atoms with Gasteiger partial charge in [0.1, 0.15) is 5.69 Å². The van der Waals surface area contributed by atoms with Gasteiger partial charge in [-0.25, -0.2) is 9.97 Å². The molecular formula is C12H10ClN3O2. The van der Waals surface area contributed by atoms with E-state index in [1.807, 2.05) is 0 Å². The summed E-state index contributed by atoms with van der Waals surface area (Å²) in [6.45, 7) is 1.76. The van der Waals surface area contributed by atoms with Gasteiger partial charge in [-0.1, -0.05) is 11.6 Å². The van der Waals surface area contributed by atoms with E-state index in [0.717, 1.165) is 0 Å². The number of halogens is 1. The fourth-order valence-electron chi connectivity index (χ4n) is 1.53. The minimum Gasteiger partial charge on any atom is -0.481 e. The summed E-state index contributed by atoms with van der Waals surface area (Å²) in [5.74, 6) is 0.440. The van der Waals surface area contributed by atoms with Gasteiger partial charge < -0.3 is 4.74 Å². The SMILES string of the molecule is COc1cc(-c2ncc(C=O)nc2C)c(Cl)cn1. The topological polar surface area (TPSA) is 65.0 Å². The van der Waals surface area contributed by atoms with Crippen molar-refractivity contribution in [3.63, 3.8) is 0 Å². The molecule has 2 aromatic heterocycles. The summed E-state index contributed by atoms with van der Waals surface area (Å²) in [6, 6.07) is 1.68. The third-order valence-corrected chi connectivity index (χ3v) is 2.68. The maximum Gasteiger partial charge on any atom is 0.213 e. The normalized spacial score (nSPS) is 10.2. The maximum atomic E-state index is 10.6. The first kappa shape index (κ1) is 12.4. The van der Waals surface area contributed by atoms with E-state index < -0.39 is 0 Å². The molecule has 6 heteroatoms. The van der Waals surface area contributed by atoms with E-state index in [1.165, 1.54) is 19.5 Å². The molecule has 0 spiro atoms. The second-order valence-electron chi connectivity index (χ2n) is 3.55. The van der Waals surface area contributed by atoms with E-state index in [1.54, 1.807) is 13.0 Å². The average Bonchev–Trinajstić information content (AvgIpc) is 2.39. The molecule has 0 amide bonds. The van der Waals surface area contributed by atoms with Crippen LogP contribution < -0.4 is 4.74 Å². The number of carbonyl (C=O) groups is 1. The van der Waals surface area contributed by atoms with E-state index in [4.69, 9.17) is 16.3 Å². The van der Waals surface area contributed by atoms with Crippen molar-refractivity contribution in [3.05, 3.63) is 34.9 Å². The van der Waals surface area contributed by atoms with Crippen LogP contribution in [0.25, 0.3) is 11.3 Å². The van der Waals surface area contributed by atoms with Crippen LogP contribution in [0.4, 0.5) is 0 Å². The zero-order valence-electron chi connectivity index (χ0n) is 9.85. The Morgan fingerprint density at radius 3 is 2.72 bits per heavy atom. The van der Waals surface area contributed by atoms with Crippen LogP contribution in [0.1, 0.15) is 16.2 Å². The molecule has 2 aromatic rings. The predicted molar refractivity (Wildman–Crippen MR) is 66.9 cm³/mol. The molecule has 0 radical (unpaired) electrons. The third kappa shape index (κ3) is 2.31. The van der Waals surface area contributed by atoms with Crippen molar-refractivity contribution in [2.75, 3.05) is 7.11 Å². The van der Waals surface area contributed by atoms with Crippen molar-refractivity contribution in [3.8, 4) is 17.1 Å². The number of methoxy groups -OCH3 is 1. The van der Waals surface area contributed by atoms with Gasteiger partial charge in [-0.2, -0.15) is 0 Å². The molecule has 0 aliphatic heterocycles. The van der Waals surface area contributed by atoms with Crippen LogP contribution in [0.3, 0.4) is 0 Å². The lowest BCUT2D eigenvalue weighted by atomic mass is 10.1. The number of hydrogen-bond donors (Lipinski definition) is 0. The van der Waals surface area contributed by atoms with Gasteiger partial charge in [-0.3, -0.25) is 9.78 Å². The van der Waals surface area contributed by atoms with Crippen molar-refractivity contribution in [1.82, 2.24) is 15.0 Å². The van der Waals surface area contributed by atoms with E-state index >= 15 is 0 Å². The number of hydrogen-bond acceptors (Lipinski definition) is 5. The first-order chi connectivity index (χ1) is 8.65. The number of pyridine rings is 1. The monoisotopic (exact) mass is 263 g/mol. The van der Waals surface area contributed by atoms with Gasteiger partial charge in [-0.05, 0) is 6.92 Å². The first-order valence-corrected chi connectivity index (χ1v) is 5.52. The second-order valence-corrected chi connectivity index (χ2v) is 3.96. The summed E-state index contributed by atoms with van der Waals surface area (Å²) in [6.07, 6.45) is 3.54. The quantitative estimate of drug-likeness (QED) is 0.795. The number of aryl methyl sites for hydroxylation is 1. The molecule has 0 saturated carbocycles. The molecule has 0 atom stereocenters. The molecule has 0 bridgehead atoms. The first-order valence-electron chi connectivity index (χ1n) is 5.14. The number of rotatable bonds is 3. The minimum atomic E-state index is 0.286. The number of nitrogens with zero attached hydrogens (tertiary/aromatic N) is 3. The summed E-state index contributed by atoms with van der Waals surface area (Å²) in [4.78, 5) is 22.9. The Hall–Kier alpha value is -2.01. The molecule has 0 N–H and O–H groups in total. The highest BCUT2D eigenvalue weighted by Crippen LogP contribution is 2.29. The molecule has 0 fully saturated rings. The molecule has 0 aromatic carbocycles. The largest absolute Gasteiger partial charge is 0.481 e. The van der Waals surface area contributed by atoms with Crippen LogP contribution in [-0.4, -0.2) is 28.3 Å². The Labute approximate surface area is 109 Å². The summed E-state index contributed by atoms with van der Waals surface area (Å²) in [5.41, 5.74) is 2.18.